The molecule has 9 nitrogen and oxygen atoms in total. The van der Waals surface area contributed by atoms with E-state index in [4.69, 9.17) is 4.74 Å². The summed E-state index contributed by atoms with van der Waals surface area (Å²) in [6.45, 7) is -0.570. The number of rotatable bonds is 6. The van der Waals surface area contributed by atoms with E-state index in [2.05, 4.69) is 15.0 Å². The Morgan fingerprint density at radius 1 is 1.00 bits per heavy atom. The predicted octanol–water partition coefficient (Wildman–Crippen LogP) is 2.69. The summed E-state index contributed by atoms with van der Waals surface area (Å²) in [5.41, 5.74) is -0.489. The van der Waals surface area contributed by atoms with Crippen LogP contribution in [0.15, 0.2) is 76.4 Å². The Morgan fingerprint density at radius 3 is 2.52 bits per heavy atom. The van der Waals surface area contributed by atoms with Gasteiger partial charge in [0.05, 0.1) is 21.5 Å². The molecule has 3 aromatic carbocycles. The number of carbonyl (C=O) groups is 1. The highest BCUT2D eigenvalue weighted by Crippen LogP contribution is 2.22. The fourth-order valence-corrected chi connectivity index (χ4v) is 3.99. The van der Waals surface area contributed by atoms with Crippen molar-refractivity contribution >= 4 is 32.6 Å². The van der Waals surface area contributed by atoms with Crippen LogP contribution in [0.1, 0.15) is 10.4 Å². The van der Waals surface area contributed by atoms with Gasteiger partial charge in [-0.15, -0.1) is 5.10 Å². The van der Waals surface area contributed by atoms with E-state index in [-0.39, 0.29) is 16.6 Å². The third kappa shape index (κ3) is 4.55. The average Bonchev–Trinajstić information content (AvgIpc) is 2.80. The zero-order chi connectivity index (χ0) is 23.6. The zero-order valence-electron chi connectivity index (χ0n) is 16.6. The third-order valence-electron chi connectivity index (χ3n) is 4.54. The van der Waals surface area contributed by atoms with E-state index in [9.17, 15) is 26.8 Å². The Labute approximate surface area is 185 Å². The number of nitrogens with zero attached hydrogens (tertiary/aromatic N) is 3. The molecule has 0 saturated carbocycles. The molecule has 0 aliphatic rings. The van der Waals surface area contributed by atoms with Crippen molar-refractivity contribution in [1.82, 2.24) is 15.0 Å². The summed E-state index contributed by atoms with van der Waals surface area (Å²) < 4.78 is 59.9. The van der Waals surface area contributed by atoms with Gasteiger partial charge in [0.1, 0.15) is 5.52 Å². The van der Waals surface area contributed by atoms with Gasteiger partial charge in [0.2, 0.25) is 0 Å². The van der Waals surface area contributed by atoms with Crippen LogP contribution in [0.3, 0.4) is 0 Å². The van der Waals surface area contributed by atoms with E-state index in [0.29, 0.717) is 17.6 Å². The van der Waals surface area contributed by atoms with E-state index >= 15 is 0 Å². The van der Waals surface area contributed by atoms with E-state index in [1.54, 1.807) is 24.3 Å². The predicted molar refractivity (Wildman–Crippen MR) is 113 cm³/mol. The average molecular weight is 472 g/mol. The largest absolute Gasteiger partial charge is 0.438 e. The summed E-state index contributed by atoms with van der Waals surface area (Å²) in [6.07, 6.45) is 0. The number of hydrogen-bond acceptors (Lipinski definition) is 7. The summed E-state index contributed by atoms with van der Waals surface area (Å²) in [4.78, 5) is 24.5. The quantitative estimate of drug-likeness (QED) is 0.429. The molecule has 33 heavy (non-hydrogen) atoms. The van der Waals surface area contributed by atoms with Gasteiger partial charge in [-0.05, 0) is 42.5 Å². The van der Waals surface area contributed by atoms with Gasteiger partial charge < -0.3 is 4.74 Å². The van der Waals surface area contributed by atoms with Crippen molar-refractivity contribution in [2.45, 2.75) is 11.6 Å². The van der Waals surface area contributed by atoms with Crippen LogP contribution in [0.4, 0.5) is 14.5 Å². The van der Waals surface area contributed by atoms with Crippen molar-refractivity contribution in [3.05, 3.63) is 94.3 Å². The molecule has 1 aromatic heterocycles. The fraction of sp³-hybridized carbons (Fsp3) is 0.0476. The number of carbonyl (C=O) groups excluding carboxylic acids is 1. The van der Waals surface area contributed by atoms with E-state index < -0.39 is 44.8 Å². The maximum absolute atomic E-state index is 13.5. The topological polar surface area (TPSA) is 120 Å². The fourth-order valence-electron chi connectivity index (χ4n) is 2.90. The number of para-hydroxylation sites is 1. The second-order valence-corrected chi connectivity index (χ2v) is 8.38. The maximum Gasteiger partial charge on any atom is 0.342 e. The first kappa shape index (κ1) is 22.0. The molecular weight excluding hydrogens is 458 g/mol. The molecule has 0 aliphatic carbocycles. The van der Waals surface area contributed by atoms with Crippen LogP contribution in [0, 0.1) is 11.6 Å². The van der Waals surface area contributed by atoms with Crippen molar-refractivity contribution in [3.63, 3.8) is 0 Å². The summed E-state index contributed by atoms with van der Waals surface area (Å²) in [6, 6.07) is 14.1. The highest BCUT2D eigenvalue weighted by atomic mass is 32.2. The lowest BCUT2D eigenvalue weighted by Crippen LogP contribution is -2.26. The number of sulfonamides is 1. The normalized spacial score (nSPS) is 11.3. The van der Waals surface area contributed by atoms with Gasteiger partial charge in [0.15, 0.2) is 18.4 Å². The lowest BCUT2D eigenvalue weighted by atomic mass is 10.2. The number of ether oxygens (including phenoxy) is 1. The number of aromatic nitrogens is 3. The molecule has 0 spiro atoms. The Bertz CT molecular complexity index is 1540. The number of halogens is 2. The molecule has 168 valence electrons. The minimum Gasteiger partial charge on any atom is -0.438 e. The minimum atomic E-state index is -4.35. The lowest BCUT2D eigenvalue weighted by molar-refractivity contribution is 0.0337. The van der Waals surface area contributed by atoms with Gasteiger partial charge in [-0.25, -0.2) is 22.0 Å². The number of hydrogen-bond donors (Lipinski definition) is 1. The first-order valence-corrected chi connectivity index (χ1v) is 10.8. The smallest absolute Gasteiger partial charge is 0.342 e. The van der Waals surface area contributed by atoms with Gasteiger partial charge in [0, 0.05) is 0 Å². The van der Waals surface area contributed by atoms with Gasteiger partial charge >= 0.3 is 5.97 Å². The zero-order valence-corrected chi connectivity index (χ0v) is 17.4. The van der Waals surface area contributed by atoms with Crippen molar-refractivity contribution in [3.8, 4) is 0 Å². The second kappa shape index (κ2) is 8.74. The summed E-state index contributed by atoms with van der Waals surface area (Å²) in [7, 11) is -4.35. The Hall–Kier alpha value is -4.19. The molecular formula is C21H14F2N4O5S. The highest BCUT2D eigenvalue weighted by Gasteiger charge is 2.21. The molecule has 0 saturated heterocycles. The molecule has 4 aromatic rings. The standard InChI is InChI=1S/C21H14F2N4O5S/c22-16-10-9-13(11-17(16)23)33(30,31)25-19-8-4-2-6-15(19)21(29)32-12-27-20(28)14-5-1-3-7-18(14)24-26-27/h1-11,25H,12H2. The van der Waals surface area contributed by atoms with Crippen LogP contribution in [-0.2, 0) is 21.5 Å². The SMILES string of the molecule is O=C(OCn1nnc2ccccc2c1=O)c1ccccc1NS(=O)(=O)c1ccc(F)c(F)c1. The Morgan fingerprint density at radius 2 is 1.73 bits per heavy atom. The molecule has 0 bridgehead atoms. The van der Waals surface area contributed by atoms with Crippen molar-refractivity contribution in [2.75, 3.05) is 4.72 Å². The monoisotopic (exact) mass is 472 g/mol. The number of esters is 1. The van der Waals surface area contributed by atoms with Gasteiger partial charge in [-0.1, -0.05) is 29.5 Å². The van der Waals surface area contributed by atoms with Crippen LogP contribution in [0.25, 0.3) is 10.9 Å². The van der Waals surface area contributed by atoms with E-state index in [1.807, 2.05) is 0 Å². The van der Waals surface area contributed by atoms with Crippen LogP contribution in [0.2, 0.25) is 0 Å². The number of nitrogens with one attached hydrogen (secondary N) is 1. The molecule has 0 amide bonds. The van der Waals surface area contributed by atoms with E-state index in [1.165, 1.54) is 24.3 Å². The molecule has 0 aliphatic heterocycles. The number of anilines is 1. The van der Waals surface area contributed by atoms with Crippen LogP contribution < -0.4 is 10.3 Å². The molecule has 0 fully saturated rings. The molecule has 1 N–H and O–H groups in total. The van der Waals surface area contributed by atoms with Crippen molar-refractivity contribution in [2.24, 2.45) is 0 Å². The van der Waals surface area contributed by atoms with Gasteiger partial charge in [0.25, 0.3) is 15.6 Å². The highest BCUT2D eigenvalue weighted by molar-refractivity contribution is 7.92. The Balaban J connectivity index is 1.56. The summed E-state index contributed by atoms with van der Waals surface area (Å²) in [5.74, 6) is -3.50. The Kier molecular flexibility index (Phi) is 5.84. The van der Waals surface area contributed by atoms with Gasteiger partial charge in [-0.3, -0.25) is 9.52 Å². The molecule has 0 unspecified atom stereocenters. The molecule has 0 atom stereocenters. The lowest BCUT2D eigenvalue weighted by Gasteiger charge is -2.13. The molecule has 1 heterocycles. The van der Waals surface area contributed by atoms with Crippen LogP contribution >= 0.6 is 0 Å². The first-order chi connectivity index (χ1) is 15.8. The minimum absolute atomic E-state index is 0.163. The molecule has 4 rings (SSSR count). The molecule has 12 heteroatoms. The first-order valence-electron chi connectivity index (χ1n) is 9.33. The van der Waals surface area contributed by atoms with Crippen molar-refractivity contribution in [1.29, 1.82) is 0 Å². The van der Waals surface area contributed by atoms with Crippen LogP contribution in [0.5, 0.6) is 0 Å². The van der Waals surface area contributed by atoms with Gasteiger partial charge in [-0.2, -0.15) is 4.68 Å². The van der Waals surface area contributed by atoms with Crippen molar-refractivity contribution < 1.29 is 26.7 Å². The summed E-state index contributed by atoms with van der Waals surface area (Å²) in [5, 5.41) is 7.87. The van der Waals surface area contributed by atoms with E-state index in [0.717, 1.165) is 10.7 Å². The third-order valence-corrected chi connectivity index (χ3v) is 5.90. The van der Waals surface area contributed by atoms with Crippen LogP contribution in [-0.4, -0.2) is 29.4 Å². The summed E-state index contributed by atoms with van der Waals surface area (Å²) >= 11 is 0. The maximum atomic E-state index is 13.5. The number of benzene rings is 3. The number of fused-ring (bicyclic) bond motifs is 1. The second-order valence-electron chi connectivity index (χ2n) is 6.70. The molecule has 0 radical (unpaired) electrons.